The highest BCUT2D eigenvalue weighted by molar-refractivity contribution is 7.53. The first-order valence-electron chi connectivity index (χ1n) is 11.5. The summed E-state index contributed by atoms with van der Waals surface area (Å²) in [4.78, 5) is 31.3. The van der Waals surface area contributed by atoms with E-state index in [0.717, 1.165) is 22.3 Å². The smallest absolute Gasteiger partial charge is 0.334 e. The monoisotopic (exact) mass is 586 g/mol. The van der Waals surface area contributed by atoms with E-state index < -0.39 is 49.0 Å². The highest BCUT2D eigenvalue weighted by Crippen LogP contribution is 2.41. The molecule has 0 saturated heterocycles. The first-order valence-corrected chi connectivity index (χ1v) is 13.8. The van der Waals surface area contributed by atoms with E-state index in [-0.39, 0.29) is 16.9 Å². The van der Waals surface area contributed by atoms with E-state index >= 15 is 0 Å². The zero-order valence-corrected chi connectivity index (χ0v) is 23.3. The van der Waals surface area contributed by atoms with Crippen LogP contribution in [-0.2, 0) is 9.73 Å². The van der Waals surface area contributed by atoms with E-state index in [1.54, 1.807) is 18.2 Å². The fourth-order valence-electron chi connectivity index (χ4n) is 3.18. The molecule has 10 N–H and O–H groups in total. The number of benzene rings is 3. The second-order valence-corrected chi connectivity index (χ2v) is 10.7. The number of rotatable bonds is 9. The molecule has 0 amide bonds. The lowest BCUT2D eigenvalue weighted by Crippen LogP contribution is -2.37. The molecule has 0 spiro atoms. The van der Waals surface area contributed by atoms with Crippen molar-refractivity contribution in [3.8, 4) is 22.6 Å². The first-order chi connectivity index (χ1) is 18.3. The van der Waals surface area contributed by atoms with Crippen LogP contribution >= 0.6 is 17.2 Å². The second kappa shape index (κ2) is 16.8. The van der Waals surface area contributed by atoms with E-state index in [9.17, 15) is 10.2 Å². The minimum Gasteiger partial charge on any atom is -0.508 e. The first kappa shape index (κ1) is 34.8. The third-order valence-corrected chi connectivity index (χ3v) is 7.05. The Labute approximate surface area is 229 Å². The van der Waals surface area contributed by atoms with Gasteiger partial charge in [0, 0.05) is 11.0 Å². The third-order valence-electron chi connectivity index (χ3n) is 5.88. The van der Waals surface area contributed by atoms with Gasteiger partial charge in [-0.25, -0.2) is 4.31 Å². The van der Waals surface area contributed by atoms with Crippen molar-refractivity contribution in [1.82, 2.24) is 0 Å². The van der Waals surface area contributed by atoms with Crippen LogP contribution in [-0.4, -0.2) is 76.6 Å². The van der Waals surface area contributed by atoms with Crippen LogP contribution in [0.3, 0.4) is 0 Å². The zero-order valence-electron chi connectivity index (χ0n) is 21.5. The van der Waals surface area contributed by atoms with Crippen molar-refractivity contribution >= 4 is 17.2 Å². The van der Waals surface area contributed by atoms with E-state index in [1.807, 2.05) is 54.6 Å². The van der Waals surface area contributed by atoms with Crippen molar-refractivity contribution in [1.29, 1.82) is 0 Å². The van der Waals surface area contributed by atoms with Gasteiger partial charge in [0.05, 0.1) is 31.8 Å². The summed E-state index contributed by atoms with van der Waals surface area (Å²) in [5, 5.41) is 53.7. The number of phenols is 2. The summed E-state index contributed by atoms with van der Waals surface area (Å²) in [5.41, 5.74) is 2.70. The summed E-state index contributed by atoms with van der Waals surface area (Å²) >= 11 is 0. The molecule has 0 atom stereocenters. The summed E-state index contributed by atoms with van der Waals surface area (Å²) in [6, 6.07) is 22.9. The summed E-state index contributed by atoms with van der Waals surface area (Å²) in [6.45, 7) is 2.65. The van der Waals surface area contributed by atoms with E-state index in [4.69, 9.17) is 40.0 Å². The highest BCUT2D eigenvalue weighted by atomic mass is 31.2. The van der Waals surface area contributed by atoms with Gasteiger partial charge in [0.15, 0.2) is 0 Å². The lowest BCUT2D eigenvalue weighted by Gasteiger charge is -2.27. The minimum atomic E-state index is -2.61. The van der Waals surface area contributed by atoms with Gasteiger partial charge in [-0.15, -0.1) is 0 Å². The Hall–Kier alpha value is -2.24. The summed E-state index contributed by atoms with van der Waals surface area (Å²) in [5.74, 6) is 0.543. The molecule has 11 nitrogen and oxygen atoms in total. The maximum atomic E-state index is 10.2. The Bertz CT molecular complexity index is 1070. The molecule has 0 unspecified atom stereocenters. The third kappa shape index (κ3) is 11.0. The fraction of sp³-hybridized carbons (Fsp3) is 0.308. The van der Waals surface area contributed by atoms with Gasteiger partial charge in [0.2, 0.25) is 0 Å². The van der Waals surface area contributed by atoms with Crippen molar-refractivity contribution in [3.05, 3.63) is 83.9 Å². The van der Waals surface area contributed by atoms with E-state index in [2.05, 4.69) is 18.2 Å². The molecule has 0 aromatic heterocycles. The number of hydrogen-bond donors (Lipinski definition) is 10. The van der Waals surface area contributed by atoms with Crippen molar-refractivity contribution in [2.45, 2.75) is 19.3 Å². The average Bonchev–Trinajstić information content (AvgIpc) is 2.91. The van der Waals surface area contributed by atoms with Gasteiger partial charge < -0.3 is 50.2 Å². The van der Waals surface area contributed by atoms with Gasteiger partial charge in [-0.1, -0.05) is 62.4 Å². The molecule has 3 aromatic rings. The van der Waals surface area contributed by atoms with Gasteiger partial charge in [-0.3, -0.25) is 0 Å². The molecular formula is C26H36O11P2. The van der Waals surface area contributed by atoms with Gasteiger partial charge in [-0.2, -0.15) is 0 Å². The molecule has 0 aliphatic rings. The van der Waals surface area contributed by atoms with Crippen LogP contribution < -0.4 is 0 Å². The Morgan fingerprint density at radius 1 is 0.641 bits per heavy atom. The molecule has 0 heterocycles. The molecule has 39 heavy (non-hydrogen) atoms. The molecule has 0 aliphatic carbocycles. The number of aliphatic hydroxyl groups excluding tert-OH is 4. The minimum absolute atomic E-state index is 0.231. The van der Waals surface area contributed by atoms with Crippen LogP contribution in [0.5, 0.6) is 11.5 Å². The van der Waals surface area contributed by atoms with Crippen molar-refractivity contribution in [2.24, 2.45) is 5.41 Å². The summed E-state index contributed by atoms with van der Waals surface area (Å²) < 4.78 is 3.60. The Balaban J connectivity index is 0.000000393. The summed E-state index contributed by atoms with van der Waals surface area (Å²) in [7, 11) is -5.22. The number of aromatic hydroxyl groups is 2. The number of aliphatic hydroxyl groups is 4. The fourth-order valence-corrected chi connectivity index (χ4v) is 3.71. The SMILES string of the molecule is CC(C)(c1ccc(O)cc1)c1ccc(O)c(-c2ccccc2)c1.OCC(CO)(CO)CO.OP(O)OP(O)O. The molecule has 0 saturated carbocycles. The standard InChI is InChI=1S/C21H20O2.C5H12O4.H4O5P2/c1-21(2,16-8-11-18(22)12-9-16)17-10-13-20(23)19(14-17)15-6-4-3-5-7-15;6-1-5(2-7,3-8)4-9;1-6(2)5-7(3)4/h3-14,22-23H,1-2H3;6-9H,1-4H2;1-4H. The predicted octanol–water partition coefficient (Wildman–Crippen LogP) is 2.46. The normalized spacial score (nSPS) is 11.5. The topological polar surface area (TPSA) is 212 Å². The lowest BCUT2D eigenvalue weighted by molar-refractivity contribution is -0.0328. The summed E-state index contributed by atoms with van der Waals surface area (Å²) in [6.07, 6.45) is 0. The second-order valence-electron chi connectivity index (χ2n) is 8.99. The molecule has 13 heteroatoms. The molecule has 0 aliphatic heterocycles. The molecule has 0 bridgehead atoms. The van der Waals surface area contributed by atoms with Gasteiger partial charge in [-0.05, 0) is 41.0 Å². The number of hydrogen-bond acceptors (Lipinski definition) is 11. The van der Waals surface area contributed by atoms with E-state index in [0.29, 0.717) is 0 Å². The largest absolute Gasteiger partial charge is 0.508 e. The van der Waals surface area contributed by atoms with Crippen LogP contribution in [0, 0.1) is 5.41 Å². The van der Waals surface area contributed by atoms with Gasteiger partial charge >= 0.3 is 17.2 Å². The maximum Gasteiger partial charge on any atom is 0.334 e. The van der Waals surface area contributed by atoms with E-state index in [1.165, 1.54) is 0 Å². The van der Waals surface area contributed by atoms with Crippen LogP contribution in [0.15, 0.2) is 72.8 Å². The van der Waals surface area contributed by atoms with Gasteiger partial charge in [0.1, 0.15) is 11.5 Å². The Morgan fingerprint density at radius 3 is 1.49 bits per heavy atom. The van der Waals surface area contributed by atoms with Crippen LogP contribution in [0.25, 0.3) is 11.1 Å². The molecule has 216 valence electrons. The average molecular weight is 587 g/mol. The lowest BCUT2D eigenvalue weighted by atomic mass is 9.77. The Morgan fingerprint density at radius 2 is 1.10 bits per heavy atom. The van der Waals surface area contributed by atoms with Crippen molar-refractivity contribution in [2.75, 3.05) is 26.4 Å². The van der Waals surface area contributed by atoms with Crippen molar-refractivity contribution < 1.29 is 54.5 Å². The quantitative estimate of drug-likeness (QED) is 0.165. The van der Waals surface area contributed by atoms with Crippen LogP contribution in [0.2, 0.25) is 0 Å². The zero-order chi connectivity index (χ0) is 29.6. The molecule has 3 aromatic carbocycles. The van der Waals surface area contributed by atoms with Crippen LogP contribution in [0.4, 0.5) is 0 Å². The Kier molecular flexibility index (Phi) is 15.0. The predicted molar refractivity (Wildman–Crippen MR) is 148 cm³/mol. The molecule has 3 rings (SSSR count). The van der Waals surface area contributed by atoms with Gasteiger partial charge in [0.25, 0.3) is 0 Å². The van der Waals surface area contributed by atoms with Crippen LogP contribution in [0.1, 0.15) is 25.0 Å². The highest BCUT2D eigenvalue weighted by Gasteiger charge is 2.26. The van der Waals surface area contributed by atoms with Crippen molar-refractivity contribution in [3.63, 3.8) is 0 Å². The number of phenolic OH excluding ortho intramolecular Hbond substituents is 2. The molecule has 0 radical (unpaired) electrons. The molecular weight excluding hydrogens is 550 g/mol. The molecule has 0 fully saturated rings. The maximum absolute atomic E-state index is 10.2.